The Labute approximate surface area is 202 Å². The van der Waals surface area contributed by atoms with Crippen LogP contribution in [0.5, 0.6) is 11.5 Å². The van der Waals surface area contributed by atoms with E-state index in [4.69, 9.17) is 9.47 Å². The molecular formula is C24H21BrN2O5S. The zero-order valence-corrected chi connectivity index (χ0v) is 20.6. The number of carbonyl (C=O) groups excluding carboxylic acids is 1. The first-order chi connectivity index (χ1) is 15.8. The van der Waals surface area contributed by atoms with Crippen LogP contribution in [0, 0.1) is 0 Å². The fourth-order valence-corrected chi connectivity index (χ4v) is 5.31. The molecule has 0 spiro atoms. The van der Waals surface area contributed by atoms with Crippen molar-refractivity contribution in [2.24, 2.45) is 4.99 Å². The Balaban J connectivity index is 1.98. The number of phenolic OH excluding ortho intramolecular Hbond substituents is 1. The summed E-state index contributed by atoms with van der Waals surface area (Å²) in [5, 5.41) is 10.1. The van der Waals surface area contributed by atoms with E-state index in [-0.39, 0.29) is 17.9 Å². The normalized spacial score (nSPS) is 15.8. The van der Waals surface area contributed by atoms with Gasteiger partial charge in [0.15, 0.2) is 4.80 Å². The number of fused-ring (bicyclic) bond motifs is 1. The van der Waals surface area contributed by atoms with E-state index in [2.05, 4.69) is 20.9 Å². The predicted molar refractivity (Wildman–Crippen MR) is 129 cm³/mol. The number of aromatic nitrogens is 1. The summed E-state index contributed by atoms with van der Waals surface area (Å²) in [7, 11) is 1.57. The molecule has 2 heterocycles. The molecule has 0 fully saturated rings. The number of methoxy groups -OCH3 is 1. The highest BCUT2D eigenvalue weighted by molar-refractivity contribution is 9.10. The molecule has 1 aliphatic heterocycles. The monoisotopic (exact) mass is 528 g/mol. The van der Waals surface area contributed by atoms with Crippen molar-refractivity contribution in [3.8, 4) is 11.5 Å². The smallest absolute Gasteiger partial charge is 0.338 e. The molecule has 0 saturated heterocycles. The number of esters is 1. The predicted octanol–water partition coefficient (Wildman–Crippen LogP) is 3.28. The molecule has 170 valence electrons. The largest absolute Gasteiger partial charge is 0.507 e. The SMILES string of the molecule is CCOC(=O)C1=C(C)N=c2s/c(=C/c3ccccc3O)c(=O)n2[C@H]1c1ccc(OC)c(Br)c1. The highest BCUT2D eigenvalue weighted by Gasteiger charge is 2.33. The van der Waals surface area contributed by atoms with E-state index in [1.807, 2.05) is 12.1 Å². The number of para-hydroxylation sites is 1. The average molecular weight is 529 g/mol. The molecule has 33 heavy (non-hydrogen) atoms. The second-order valence-corrected chi connectivity index (χ2v) is 9.12. The second-order valence-electron chi connectivity index (χ2n) is 7.26. The Morgan fingerprint density at radius 3 is 2.73 bits per heavy atom. The summed E-state index contributed by atoms with van der Waals surface area (Å²) in [5.41, 5.74) is 1.70. The summed E-state index contributed by atoms with van der Waals surface area (Å²) < 4.78 is 13.2. The zero-order valence-electron chi connectivity index (χ0n) is 18.2. The summed E-state index contributed by atoms with van der Waals surface area (Å²) in [6.07, 6.45) is 1.63. The number of nitrogens with zero attached hydrogens (tertiary/aromatic N) is 2. The standard InChI is InChI=1S/C24H21BrN2O5S/c1-4-32-23(30)20-13(2)26-24-27(21(20)15-9-10-18(31-3)16(25)11-15)22(29)19(33-24)12-14-7-5-6-8-17(14)28/h5-12,21,28H,4H2,1-3H3/b19-12+/t21-/m0/s1. The number of allylic oxidation sites excluding steroid dienone is 1. The van der Waals surface area contributed by atoms with Crippen LogP contribution in [-0.2, 0) is 9.53 Å². The zero-order chi connectivity index (χ0) is 23.7. The van der Waals surface area contributed by atoms with Crippen LogP contribution in [0.2, 0.25) is 0 Å². The third-order valence-electron chi connectivity index (χ3n) is 5.23. The van der Waals surface area contributed by atoms with Crippen molar-refractivity contribution in [1.29, 1.82) is 0 Å². The molecule has 3 aromatic rings. The van der Waals surface area contributed by atoms with Gasteiger partial charge >= 0.3 is 5.97 Å². The highest BCUT2D eigenvalue weighted by Crippen LogP contribution is 2.35. The van der Waals surface area contributed by atoms with Gasteiger partial charge in [-0.1, -0.05) is 35.6 Å². The second kappa shape index (κ2) is 9.36. The summed E-state index contributed by atoms with van der Waals surface area (Å²) in [6, 6.07) is 11.5. The van der Waals surface area contributed by atoms with E-state index in [0.717, 1.165) is 0 Å². The minimum absolute atomic E-state index is 0.0716. The van der Waals surface area contributed by atoms with Crippen molar-refractivity contribution >= 4 is 39.3 Å². The number of thiazole rings is 1. The van der Waals surface area contributed by atoms with Crippen LogP contribution in [0.4, 0.5) is 0 Å². The van der Waals surface area contributed by atoms with Gasteiger partial charge in [0.1, 0.15) is 11.5 Å². The van der Waals surface area contributed by atoms with Gasteiger partial charge in [-0.15, -0.1) is 0 Å². The first-order valence-electron chi connectivity index (χ1n) is 10.2. The highest BCUT2D eigenvalue weighted by atomic mass is 79.9. The van der Waals surface area contributed by atoms with Crippen LogP contribution in [-0.4, -0.2) is 29.4 Å². The van der Waals surface area contributed by atoms with Crippen LogP contribution in [0.3, 0.4) is 0 Å². The Morgan fingerprint density at radius 1 is 1.30 bits per heavy atom. The molecule has 9 heteroatoms. The summed E-state index contributed by atoms with van der Waals surface area (Å²) in [6.45, 7) is 3.67. The summed E-state index contributed by atoms with van der Waals surface area (Å²) in [5.74, 6) is 0.178. The Morgan fingerprint density at radius 2 is 2.06 bits per heavy atom. The molecule has 4 rings (SSSR count). The van der Waals surface area contributed by atoms with Crippen molar-refractivity contribution < 1.29 is 19.4 Å². The molecule has 7 nitrogen and oxygen atoms in total. The van der Waals surface area contributed by atoms with Gasteiger partial charge in [0.05, 0.1) is 40.0 Å². The lowest BCUT2D eigenvalue weighted by Gasteiger charge is -2.25. The topological polar surface area (TPSA) is 90.1 Å². The molecule has 2 aromatic carbocycles. The van der Waals surface area contributed by atoms with Crippen molar-refractivity contribution in [2.45, 2.75) is 19.9 Å². The van der Waals surface area contributed by atoms with Crippen LogP contribution in [0.1, 0.15) is 31.0 Å². The van der Waals surface area contributed by atoms with Gasteiger partial charge in [0.2, 0.25) is 0 Å². The molecule has 0 aliphatic carbocycles. The van der Waals surface area contributed by atoms with Crippen molar-refractivity contribution in [1.82, 2.24) is 4.57 Å². The molecule has 0 saturated carbocycles. The third kappa shape index (κ3) is 4.26. The summed E-state index contributed by atoms with van der Waals surface area (Å²) in [4.78, 5) is 31.5. The van der Waals surface area contributed by atoms with Crippen LogP contribution >= 0.6 is 27.3 Å². The number of aromatic hydroxyl groups is 1. The number of carbonyl (C=O) groups is 1. The van der Waals surface area contributed by atoms with Gasteiger partial charge in [-0.05, 0) is 59.6 Å². The molecular weight excluding hydrogens is 508 g/mol. The van der Waals surface area contributed by atoms with Gasteiger partial charge in [-0.25, -0.2) is 9.79 Å². The Kier molecular flexibility index (Phi) is 6.53. The van der Waals surface area contributed by atoms with E-state index in [0.29, 0.717) is 42.0 Å². The maximum Gasteiger partial charge on any atom is 0.338 e. The average Bonchev–Trinajstić information content (AvgIpc) is 3.09. The number of benzene rings is 2. The Bertz CT molecular complexity index is 1450. The van der Waals surface area contributed by atoms with Crippen molar-refractivity contribution in [2.75, 3.05) is 13.7 Å². The van der Waals surface area contributed by atoms with Crippen LogP contribution in [0.15, 0.2) is 68.0 Å². The minimum Gasteiger partial charge on any atom is -0.507 e. The molecule has 1 aromatic heterocycles. The number of halogens is 1. The number of hydrogen-bond acceptors (Lipinski definition) is 7. The van der Waals surface area contributed by atoms with Gasteiger partial charge in [0, 0.05) is 5.56 Å². The maximum atomic E-state index is 13.5. The van der Waals surface area contributed by atoms with E-state index < -0.39 is 12.0 Å². The van der Waals surface area contributed by atoms with Gasteiger partial charge in [-0.2, -0.15) is 0 Å². The van der Waals surface area contributed by atoms with E-state index in [1.165, 1.54) is 15.9 Å². The lowest BCUT2D eigenvalue weighted by Crippen LogP contribution is -2.39. The summed E-state index contributed by atoms with van der Waals surface area (Å²) >= 11 is 4.69. The minimum atomic E-state index is -0.728. The van der Waals surface area contributed by atoms with Gasteiger partial charge in [-0.3, -0.25) is 9.36 Å². The van der Waals surface area contributed by atoms with Crippen LogP contribution in [0.25, 0.3) is 6.08 Å². The molecule has 0 bridgehead atoms. The molecule has 0 unspecified atom stereocenters. The lowest BCUT2D eigenvalue weighted by molar-refractivity contribution is -0.139. The molecule has 1 aliphatic rings. The Hall–Kier alpha value is -3.17. The first-order valence-corrected chi connectivity index (χ1v) is 11.8. The van der Waals surface area contributed by atoms with E-state index >= 15 is 0 Å². The van der Waals surface area contributed by atoms with Gasteiger partial charge < -0.3 is 14.6 Å². The number of phenols is 1. The molecule has 1 atom stereocenters. The van der Waals surface area contributed by atoms with E-state index in [1.54, 1.807) is 57.4 Å². The molecule has 1 N–H and O–H groups in total. The fraction of sp³-hybridized carbons (Fsp3) is 0.208. The maximum absolute atomic E-state index is 13.5. The van der Waals surface area contributed by atoms with Crippen molar-refractivity contribution in [3.05, 3.63) is 89.0 Å². The number of ether oxygens (including phenoxy) is 2. The van der Waals surface area contributed by atoms with Crippen LogP contribution < -0.4 is 19.6 Å². The number of rotatable bonds is 5. The number of hydrogen-bond donors (Lipinski definition) is 1. The van der Waals surface area contributed by atoms with E-state index in [9.17, 15) is 14.7 Å². The fourth-order valence-electron chi connectivity index (χ4n) is 3.71. The van der Waals surface area contributed by atoms with Crippen molar-refractivity contribution in [3.63, 3.8) is 0 Å². The van der Waals surface area contributed by atoms with Gasteiger partial charge in [0.25, 0.3) is 5.56 Å². The molecule has 0 radical (unpaired) electrons. The first kappa shape index (κ1) is 23.0. The third-order valence-corrected chi connectivity index (χ3v) is 6.83. The quantitative estimate of drug-likeness (QED) is 0.513. The lowest BCUT2D eigenvalue weighted by atomic mass is 9.96. The molecule has 0 amide bonds.